The van der Waals surface area contributed by atoms with Gasteiger partial charge in [-0.3, -0.25) is 14.9 Å². The maximum Gasteiger partial charge on any atom is 0.419 e. The minimum absolute atomic E-state index is 0.0140. The van der Waals surface area contributed by atoms with E-state index in [9.17, 15) is 39.6 Å². The molecule has 0 saturated heterocycles. The molecule has 1 aliphatic carbocycles. The van der Waals surface area contributed by atoms with E-state index < -0.39 is 58.1 Å². The summed E-state index contributed by atoms with van der Waals surface area (Å²) < 4.78 is 110. The Labute approximate surface area is 280 Å². The number of hydrogen-bond donors (Lipinski definition) is 2. The summed E-state index contributed by atoms with van der Waals surface area (Å²) in [5.74, 6) is -0.190. The molecule has 1 fully saturated rings. The Balaban J connectivity index is 1.34. The summed E-state index contributed by atoms with van der Waals surface area (Å²) in [6, 6.07) is -0.917. The van der Waals surface area contributed by atoms with Gasteiger partial charge in [0.1, 0.15) is 12.1 Å². The second-order valence-corrected chi connectivity index (χ2v) is 13.2. The van der Waals surface area contributed by atoms with Crippen LogP contribution < -0.4 is 20.3 Å². The lowest BCUT2D eigenvalue weighted by Gasteiger charge is -2.36. The van der Waals surface area contributed by atoms with Crippen LogP contribution >= 0.6 is 0 Å². The summed E-state index contributed by atoms with van der Waals surface area (Å²) in [6.45, 7) is -1.58. The lowest BCUT2D eigenvalue weighted by molar-refractivity contribution is -0.137. The first-order chi connectivity index (χ1) is 23.5. The average Bonchev–Trinajstić information content (AvgIpc) is 3.07. The SMILES string of the molecule is COc1ncc(-c2cnc(N(C(=O)NCC(F)(F)F)[C@H]3CC[C@H](Nc4ncc(C(F)(F)F)c(-c5cncc(S(C)(=O)=O)c5)n4)CC3)cn2)cn1. The molecule has 0 bridgehead atoms. The third-order valence-electron chi connectivity index (χ3n) is 7.55. The molecule has 2 amide bonds. The molecule has 50 heavy (non-hydrogen) atoms. The van der Waals surface area contributed by atoms with Crippen LogP contribution in [-0.2, 0) is 16.0 Å². The van der Waals surface area contributed by atoms with Gasteiger partial charge in [0.2, 0.25) is 5.95 Å². The van der Waals surface area contributed by atoms with Crippen LogP contribution in [0.15, 0.2) is 54.3 Å². The third-order valence-corrected chi connectivity index (χ3v) is 8.63. The minimum Gasteiger partial charge on any atom is -0.467 e. The van der Waals surface area contributed by atoms with Gasteiger partial charge in [0.15, 0.2) is 15.7 Å². The molecule has 5 rings (SSSR count). The number of carbonyl (C=O) groups is 1. The monoisotopic (exact) mass is 726 g/mol. The zero-order valence-electron chi connectivity index (χ0n) is 26.2. The number of methoxy groups -OCH3 is 1. The van der Waals surface area contributed by atoms with Crippen LogP contribution in [0.2, 0.25) is 0 Å². The highest BCUT2D eigenvalue weighted by Crippen LogP contribution is 2.37. The number of carbonyl (C=O) groups excluding carboxylic acids is 1. The van der Waals surface area contributed by atoms with Gasteiger partial charge in [-0.15, -0.1) is 0 Å². The molecule has 0 spiro atoms. The number of nitrogens with one attached hydrogen (secondary N) is 2. The van der Waals surface area contributed by atoms with Crippen molar-refractivity contribution in [2.45, 2.75) is 55.0 Å². The van der Waals surface area contributed by atoms with Crippen molar-refractivity contribution in [2.24, 2.45) is 0 Å². The van der Waals surface area contributed by atoms with Crippen molar-refractivity contribution in [3.05, 3.63) is 55.0 Å². The Hall–Kier alpha value is -5.21. The number of pyridine rings is 1. The van der Waals surface area contributed by atoms with Gasteiger partial charge in [-0.25, -0.2) is 38.1 Å². The fourth-order valence-electron chi connectivity index (χ4n) is 5.16. The van der Waals surface area contributed by atoms with E-state index in [4.69, 9.17) is 4.74 Å². The highest BCUT2D eigenvalue weighted by atomic mass is 32.2. The average molecular weight is 727 g/mol. The smallest absolute Gasteiger partial charge is 0.419 e. The Morgan fingerprint density at radius 3 is 2.18 bits per heavy atom. The number of rotatable bonds is 9. The van der Waals surface area contributed by atoms with E-state index in [-0.39, 0.29) is 41.1 Å². The second kappa shape index (κ2) is 14.3. The quantitative estimate of drug-likeness (QED) is 0.227. The van der Waals surface area contributed by atoms with Gasteiger partial charge in [-0.1, -0.05) is 0 Å². The molecule has 2 N–H and O–H groups in total. The van der Waals surface area contributed by atoms with E-state index >= 15 is 0 Å². The molecule has 0 aliphatic heterocycles. The maximum absolute atomic E-state index is 13.9. The Morgan fingerprint density at radius 1 is 0.900 bits per heavy atom. The van der Waals surface area contributed by atoms with E-state index in [2.05, 4.69) is 40.2 Å². The number of anilines is 2. The van der Waals surface area contributed by atoms with Crippen LogP contribution in [0.5, 0.6) is 6.01 Å². The number of aromatic nitrogens is 7. The second-order valence-electron chi connectivity index (χ2n) is 11.1. The Bertz CT molecular complexity index is 1920. The number of nitrogens with zero attached hydrogens (tertiary/aromatic N) is 8. The summed E-state index contributed by atoms with van der Waals surface area (Å²) in [5, 5.41) is 4.85. The van der Waals surface area contributed by atoms with Crippen molar-refractivity contribution in [3.8, 4) is 28.5 Å². The number of hydrogen-bond acceptors (Lipinski definition) is 12. The summed E-state index contributed by atoms with van der Waals surface area (Å²) in [7, 11) is -2.39. The molecule has 0 aromatic carbocycles. The van der Waals surface area contributed by atoms with Crippen LogP contribution in [0.1, 0.15) is 31.2 Å². The van der Waals surface area contributed by atoms with Gasteiger partial charge < -0.3 is 15.4 Å². The number of alkyl halides is 6. The number of sulfone groups is 1. The first kappa shape index (κ1) is 36.1. The predicted molar refractivity (Wildman–Crippen MR) is 165 cm³/mol. The van der Waals surface area contributed by atoms with Gasteiger partial charge in [0.05, 0.1) is 35.8 Å². The van der Waals surface area contributed by atoms with Crippen molar-refractivity contribution < 1.29 is 44.3 Å². The summed E-state index contributed by atoms with van der Waals surface area (Å²) in [6.07, 6.45) is 0.548. The summed E-state index contributed by atoms with van der Waals surface area (Å²) in [5.41, 5.74) is -1.18. The predicted octanol–water partition coefficient (Wildman–Crippen LogP) is 4.72. The first-order valence-corrected chi connectivity index (χ1v) is 16.6. The Morgan fingerprint density at radius 2 is 1.60 bits per heavy atom. The van der Waals surface area contributed by atoms with Crippen LogP contribution in [0.25, 0.3) is 22.5 Å². The van der Waals surface area contributed by atoms with E-state index in [1.54, 1.807) is 0 Å². The van der Waals surface area contributed by atoms with Crippen LogP contribution in [0.3, 0.4) is 0 Å². The van der Waals surface area contributed by atoms with Crippen LogP contribution in [0, 0.1) is 0 Å². The van der Waals surface area contributed by atoms with E-state index in [1.807, 2.05) is 5.32 Å². The molecule has 1 aliphatic rings. The third kappa shape index (κ3) is 8.87. The molecular weight excluding hydrogens is 698 g/mol. The lowest BCUT2D eigenvalue weighted by Crippen LogP contribution is -2.50. The van der Waals surface area contributed by atoms with Crippen LogP contribution in [-0.4, -0.2) is 87.5 Å². The van der Waals surface area contributed by atoms with Crippen molar-refractivity contribution in [1.82, 2.24) is 40.2 Å². The molecule has 4 aromatic heterocycles. The topological polar surface area (TPSA) is 178 Å². The fourth-order valence-corrected chi connectivity index (χ4v) is 5.75. The number of halogens is 6. The normalized spacial score (nSPS) is 16.8. The number of amides is 2. The molecule has 266 valence electrons. The van der Waals surface area contributed by atoms with Crippen molar-refractivity contribution in [1.29, 1.82) is 0 Å². The van der Waals surface area contributed by atoms with Gasteiger partial charge >= 0.3 is 24.4 Å². The highest BCUT2D eigenvalue weighted by Gasteiger charge is 2.37. The minimum atomic E-state index is -4.87. The summed E-state index contributed by atoms with van der Waals surface area (Å²) >= 11 is 0. The van der Waals surface area contributed by atoms with Gasteiger partial charge in [0.25, 0.3) is 0 Å². The molecule has 1 saturated carbocycles. The van der Waals surface area contributed by atoms with Crippen LogP contribution in [0.4, 0.5) is 42.9 Å². The van der Waals surface area contributed by atoms with E-state index in [0.717, 1.165) is 29.6 Å². The molecule has 0 atom stereocenters. The van der Waals surface area contributed by atoms with Crippen molar-refractivity contribution in [3.63, 3.8) is 0 Å². The molecule has 4 heterocycles. The molecule has 21 heteroatoms. The molecular formula is C29H28F6N10O4S. The molecule has 4 aromatic rings. The highest BCUT2D eigenvalue weighted by molar-refractivity contribution is 7.90. The van der Waals surface area contributed by atoms with E-state index in [1.165, 1.54) is 31.9 Å². The Kier molecular flexibility index (Phi) is 10.3. The van der Waals surface area contributed by atoms with Gasteiger partial charge in [-0.05, 0) is 31.7 Å². The van der Waals surface area contributed by atoms with Crippen molar-refractivity contribution >= 4 is 27.6 Å². The number of ether oxygens (including phenoxy) is 1. The van der Waals surface area contributed by atoms with Crippen molar-refractivity contribution in [2.75, 3.05) is 30.1 Å². The molecule has 0 unspecified atom stereocenters. The first-order valence-electron chi connectivity index (χ1n) is 14.7. The molecule has 0 radical (unpaired) electrons. The van der Waals surface area contributed by atoms with Gasteiger partial charge in [-0.2, -0.15) is 26.3 Å². The van der Waals surface area contributed by atoms with Gasteiger partial charge in [0, 0.05) is 60.5 Å². The standard InChI is InChI=1S/C29H28F6N10O4S/c1-49-26-40-9-17(10-41-26)22-13-38-23(14-37-22)45(27(46)42-15-28(30,31)32)19-5-3-18(4-6-19)43-25-39-12-21(29(33,34)35)24(44-25)16-7-20(11-36-8-16)50(2,47)48/h7-14,18-19H,3-6,15H2,1-2H3,(H,42,46)(H,39,43,44)/t18-,19-. The lowest BCUT2D eigenvalue weighted by atomic mass is 9.90. The summed E-state index contributed by atoms with van der Waals surface area (Å²) in [4.78, 5) is 42.1. The fraction of sp³-hybridized carbons (Fsp3) is 0.379. The maximum atomic E-state index is 13.9. The zero-order valence-corrected chi connectivity index (χ0v) is 27.0. The number of urea groups is 1. The molecule has 14 nitrogen and oxygen atoms in total. The largest absolute Gasteiger partial charge is 0.467 e. The van der Waals surface area contributed by atoms with E-state index in [0.29, 0.717) is 30.3 Å². The zero-order chi connectivity index (χ0) is 36.3.